The Morgan fingerprint density at radius 3 is 2.50 bits per heavy atom. The summed E-state index contributed by atoms with van der Waals surface area (Å²) in [5.74, 6) is -1.08. The fraction of sp³-hybridized carbons (Fsp3) is 0.600. The number of carboxylic acids is 1. The first kappa shape index (κ1) is 12.7. The van der Waals surface area contributed by atoms with Crippen molar-refractivity contribution >= 4 is 5.97 Å². The standard InChI is InChI=1S/C8H15N2.C2H4O2/c1-3-4-5-10-7-6-9(2)8-10;1-2(3)4/h6-8H,3-5H2,1-2H3;1H3,(H,3,4)/q+1;/p-1. The number of imidazole rings is 1. The van der Waals surface area contributed by atoms with Gasteiger partial charge in [0.2, 0.25) is 6.33 Å². The maximum Gasteiger partial charge on any atom is 0.243 e. The van der Waals surface area contributed by atoms with E-state index in [2.05, 4.69) is 34.8 Å². The Balaban J connectivity index is 0.000000364. The fourth-order valence-electron chi connectivity index (χ4n) is 0.975. The van der Waals surface area contributed by atoms with Crippen LogP contribution in [-0.4, -0.2) is 10.5 Å². The smallest absolute Gasteiger partial charge is 0.243 e. The van der Waals surface area contributed by atoms with Gasteiger partial charge in [-0.25, -0.2) is 9.13 Å². The van der Waals surface area contributed by atoms with Gasteiger partial charge in [-0.3, -0.25) is 0 Å². The number of carbonyl (C=O) groups is 1. The Hall–Kier alpha value is -1.32. The van der Waals surface area contributed by atoms with Crippen LogP contribution in [0.1, 0.15) is 26.7 Å². The molecule has 0 radical (unpaired) electrons. The van der Waals surface area contributed by atoms with E-state index in [1.54, 1.807) is 0 Å². The Morgan fingerprint density at radius 2 is 2.14 bits per heavy atom. The number of aryl methyl sites for hydroxylation is 2. The van der Waals surface area contributed by atoms with Crippen LogP contribution in [0, 0.1) is 0 Å². The molecule has 0 aliphatic heterocycles. The van der Waals surface area contributed by atoms with E-state index < -0.39 is 5.97 Å². The van der Waals surface area contributed by atoms with Crippen molar-refractivity contribution in [2.75, 3.05) is 0 Å². The second-order valence-electron chi connectivity index (χ2n) is 3.16. The lowest BCUT2D eigenvalue weighted by atomic mass is 10.3. The molecule has 0 saturated heterocycles. The zero-order chi connectivity index (χ0) is 11.0. The summed E-state index contributed by atoms with van der Waals surface area (Å²) in [6, 6.07) is 0. The molecule has 4 heteroatoms. The molecule has 0 aromatic carbocycles. The minimum absolute atomic E-state index is 0.972. The predicted molar refractivity (Wildman–Crippen MR) is 51.2 cm³/mol. The highest BCUT2D eigenvalue weighted by atomic mass is 16.4. The third-order valence-electron chi connectivity index (χ3n) is 1.59. The van der Waals surface area contributed by atoms with E-state index >= 15 is 0 Å². The number of aromatic nitrogens is 2. The van der Waals surface area contributed by atoms with Gasteiger partial charge in [-0.15, -0.1) is 0 Å². The number of nitrogens with zero attached hydrogens (tertiary/aromatic N) is 2. The van der Waals surface area contributed by atoms with E-state index in [9.17, 15) is 0 Å². The molecule has 80 valence electrons. The normalized spacial score (nSPS) is 9.07. The van der Waals surface area contributed by atoms with Crippen LogP contribution in [0.25, 0.3) is 0 Å². The average Bonchev–Trinajstić information content (AvgIpc) is 2.47. The molecule has 4 nitrogen and oxygen atoms in total. The zero-order valence-corrected chi connectivity index (χ0v) is 9.06. The van der Waals surface area contributed by atoms with Crippen molar-refractivity contribution in [3.8, 4) is 0 Å². The predicted octanol–water partition coefficient (Wildman–Crippen LogP) is -0.131. The minimum Gasteiger partial charge on any atom is -0.550 e. The molecule has 14 heavy (non-hydrogen) atoms. The van der Waals surface area contributed by atoms with Crippen LogP contribution in [0.2, 0.25) is 0 Å². The number of unbranched alkanes of at least 4 members (excludes halogenated alkanes) is 1. The van der Waals surface area contributed by atoms with Crippen LogP contribution in [0.4, 0.5) is 0 Å². The molecule has 0 saturated carbocycles. The van der Waals surface area contributed by atoms with Gasteiger partial charge in [0.05, 0.1) is 13.6 Å². The van der Waals surface area contributed by atoms with Crippen LogP contribution in [0.15, 0.2) is 18.7 Å². The molecule has 0 aliphatic rings. The van der Waals surface area contributed by atoms with Gasteiger partial charge in [0.1, 0.15) is 12.4 Å². The largest absolute Gasteiger partial charge is 0.550 e. The number of hydrogen-bond acceptors (Lipinski definition) is 2. The van der Waals surface area contributed by atoms with Crippen molar-refractivity contribution in [2.45, 2.75) is 33.2 Å². The van der Waals surface area contributed by atoms with Crippen molar-refractivity contribution in [1.82, 2.24) is 4.57 Å². The molecule has 1 heterocycles. The second kappa shape index (κ2) is 7.12. The number of rotatable bonds is 3. The van der Waals surface area contributed by atoms with Crippen molar-refractivity contribution in [2.24, 2.45) is 7.05 Å². The molecule has 0 bridgehead atoms. The topological polar surface area (TPSA) is 48.9 Å². The van der Waals surface area contributed by atoms with Crippen LogP contribution >= 0.6 is 0 Å². The van der Waals surface area contributed by atoms with Crippen LogP contribution in [-0.2, 0) is 18.4 Å². The Morgan fingerprint density at radius 1 is 1.57 bits per heavy atom. The van der Waals surface area contributed by atoms with E-state index in [0.29, 0.717) is 0 Å². The van der Waals surface area contributed by atoms with Gasteiger partial charge in [0.25, 0.3) is 0 Å². The summed E-state index contributed by atoms with van der Waals surface area (Å²) < 4.78 is 4.28. The van der Waals surface area contributed by atoms with Crippen LogP contribution in [0.5, 0.6) is 0 Å². The number of hydrogen-bond donors (Lipinski definition) is 0. The van der Waals surface area contributed by atoms with Gasteiger partial charge in [0, 0.05) is 5.97 Å². The number of carboxylic acid groups (broad SMARTS) is 1. The van der Waals surface area contributed by atoms with Gasteiger partial charge in [-0.2, -0.15) is 0 Å². The molecule has 0 N–H and O–H groups in total. The Kier molecular flexibility index (Phi) is 6.45. The maximum absolute atomic E-state index is 8.89. The molecule has 0 aliphatic carbocycles. The van der Waals surface area contributed by atoms with Crippen molar-refractivity contribution in [3.63, 3.8) is 0 Å². The highest BCUT2D eigenvalue weighted by molar-refractivity contribution is 5.60. The first-order chi connectivity index (χ1) is 6.56. The van der Waals surface area contributed by atoms with Gasteiger partial charge in [-0.1, -0.05) is 13.3 Å². The van der Waals surface area contributed by atoms with Gasteiger partial charge in [0.15, 0.2) is 0 Å². The Labute approximate surface area is 84.8 Å². The minimum atomic E-state index is -1.08. The SMILES string of the molecule is CC(=O)[O-].CCCCn1cc[n+](C)c1. The lowest BCUT2D eigenvalue weighted by molar-refractivity contribution is -0.671. The lowest BCUT2D eigenvalue weighted by Gasteiger charge is -1.90. The maximum atomic E-state index is 8.89. The first-order valence-corrected chi connectivity index (χ1v) is 4.74. The average molecular weight is 198 g/mol. The van der Waals surface area contributed by atoms with Crippen molar-refractivity contribution < 1.29 is 14.5 Å². The molecule has 0 spiro atoms. The monoisotopic (exact) mass is 198 g/mol. The highest BCUT2D eigenvalue weighted by Gasteiger charge is 1.96. The quantitative estimate of drug-likeness (QED) is 0.635. The molecular formula is C10H18N2O2. The van der Waals surface area contributed by atoms with E-state index in [1.807, 2.05) is 7.05 Å². The molecule has 1 aromatic rings. The van der Waals surface area contributed by atoms with Gasteiger partial charge < -0.3 is 9.90 Å². The summed E-state index contributed by atoms with van der Waals surface area (Å²) in [7, 11) is 2.04. The third kappa shape index (κ3) is 7.34. The van der Waals surface area contributed by atoms with Gasteiger partial charge in [-0.05, 0) is 13.3 Å². The summed E-state index contributed by atoms with van der Waals surface area (Å²) in [5, 5.41) is 8.89. The molecule has 1 rings (SSSR count). The molecule has 0 fully saturated rings. The van der Waals surface area contributed by atoms with Crippen molar-refractivity contribution in [1.29, 1.82) is 0 Å². The lowest BCUT2D eigenvalue weighted by Crippen LogP contribution is -2.23. The fourth-order valence-corrected chi connectivity index (χ4v) is 0.975. The Bertz CT molecular complexity index is 265. The van der Waals surface area contributed by atoms with E-state index in [-0.39, 0.29) is 0 Å². The third-order valence-corrected chi connectivity index (χ3v) is 1.59. The molecule has 0 atom stereocenters. The number of carbonyl (C=O) groups excluding carboxylic acids is 1. The van der Waals surface area contributed by atoms with E-state index in [0.717, 1.165) is 13.5 Å². The van der Waals surface area contributed by atoms with E-state index in [1.165, 1.54) is 12.8 Å². The number of aliphatic carboxylic acids is 1. The summed E-state index contributed by atoms with van der Waals surface area (Å²) in [6.07, 6.45) is 8.82. The summed E-state index contributed by atoms with van der Waals surface area (Å²) in [5.41, 5.74) is 0. The second-order valence-corrected chi connectivity index (χ2v) is 3.16. The summed E-state index contributed by atoms with van der Waals surface area (Å²) in [4.78, 5) is 8.89. The molecule has 0 amide bonds. The molecular weight excluding hydrogens is 180 g/mol. The molecule has 0 unspecified atom stereocenters. The summed E-state index contributed by atoms with van der Waals surface area (Å²) in [6.45, 7) is 4.33. The van der Waals surface area contributed by atoms with E-state index in [4.69, 9.17) is 9.90 Å². The summed E-state index contributed by atoms with van der Waals surface area (Å²) >= 11 is 0. The van der Waals surface area contributed by atoms with Crippen LogP contribution < -0.4 is 9.67 Å². The zero-order valence-electron chi connectivity index (χ0n) is 9.06. The first-order valence-electron chi connectivity index (χ1n) is 4.74. The van der Waals surface area contributed by atoms with Gasteiger partial charge >= 0.3 is 0 Å². The molecule has 1 aromatic heterocycles. The van der Waals surface area contributed by atoms with Crippen LogP contribution in [0.3, 0.4) is 0 Å². The highest BCUT2D eigenvalue weighted by Crippen LogP contribution is 1.91. The van der Waals surface area contributed by atoms with Crippen molar-refractivity contribution in [3.05, 3.63) is 18.7 Å².